The Hall–Kier alpha value is -2.70. The second-order valence-electron chi connectivity index (χ2n) is 6.47. The third kappa shape index (κ3) is 3.26. The Morgan fingerprint density at radius 3 is 2.48 bits per heavy atom. The molecule has 3 rings (SSSR count). The average molecular weight is 344 g/mol. The second-order valence-corrected chi connectivity index (χ2v) is 6.47. The summed E-state index contributed by atoms with van der Waals surface area (Å²) < 4.78 is 5.11. The minimum Gasteiger partial charge on any atom is -0.453 e. The van der Waals surface area contributed by atoms with Crippen LogP contribution in [0.5, 0.6) is 0 Å². The molecule has 1 saturated carbocycles. The highest BCUT2D eigenvalue weighted by atomic mass is 16.5. The summed E-state index contributed by atoms with van der Waals surface area (Å²) >= 11 is 0. The lowest BCUT2D eigenvalue weighted by atomic mass is 9.98. The number of nitrogens with one attached hydrogen (secondary N) is 1. The predicted octanol–water partition coefficient (Wildman–Crippen LogP) is 1.67. The van der Waals surface area contributed by atoms with E-state index >= 15 is 0 Å². The lowest BCUT2D eigenvalue weighted by molar-refractivity contribution is -0.149. The van der Waals surface area contributed by atoms with Crippen molar-refractivity contribution >= 4 is 23.7 Å². The van der Waals surface area contributed by atoms with Gasteiger partial charge >= 0.3 is 12.0 Å². The molecule has 1 aliphatic heterocycles. The average Bonchev–Trinajstić information content (AvgIpc) is 3.16. The number of hydrogen-bond donors (Lipinski definition) is 1. The molecule has 1 N–H and O–H groups in total. The summed E-state index contributed by atoms with van der Waals surface area (Å²) in [7, 11) is 0. The molecule has 7 heteroatoms. The zero-order valence-electron chi connectivity index (χ0n) is 14.0. The quantitative estimate of drug-likeness (QED) is 0.498. The first-order valence-electron chi connectivity index (χ1n) is 8.36. The number of ether oxygens (including phenoxy) is 1. The highest BCUT2D eigenvalue weighted by molar-refractivity contribution is 6.09. The number of esters is 1. The topological polar surface area (TPSA) is 92.8 Å². The van der Waals surface area contributed by atoms with E-state index in [9.17, 15) is 19.2 Å². The van der Waals surface area contributed by atoms with Gasteiger partial charge in [0.05, 0.1) is 0 Å². The van der Waals surface area contributed by atoms with Crippen LogP contribution in [-0.2, 0) is 14.3 Å². The van der Waals surface area contributed by atoms with E-state index in [-0.39, 0.29) is 11.7 Å². The number of hydrogen-bond acceptors (Lipinski definition) is 5. The molecule has 1 spiro atoms. The maximum Gasteiger partial charge on any atom is 0.326 e. The summed E-state index contributed by atoms with van der Waals surface area (Å²) in [4.78, 5) is 49.7. The van der Waals surface area contributed by atoms with E-state index in [1.54, 1.807) is 30.3 Å². The van der Waals surface area contributed by atoms with Gasteiger partial charge in [-0.1, -0.05) is 43.2 Å². The fourth-order valence-electron chi connectivity index (χ4n) is 3.39. The van der Waals surface area contributed by atoms with Crippen molar-refractivity contribution in [3.05, 3.63) is 35.9 Å². The van der Waals surface area contributed by atoms with Gasteiger partial charge in [-0.25, -0.2) is 4.79 Å². The molecule has 1 atom stereocenters. The van der Waals surface area contributed by atoms with E-state index in [4.69, 9.17) is 4.74 Å². The van der Waals surface area contributed by atoms with Gasteiger partial charge in [-0.3, -0.25) is 19.3 Å². The fraction of sp³-hybridized carbons (Fsp3) is 0.444. The zero-order valence-corrected chi connectivity index (χ0v) is 14.0. The van der Waals surface area contributed by atoms with Crippen LogP contribution in [0.4, 0.5) is 4.79 Å². The van der Waals surface area contributed by atoms with E-state index in [0.717, 1.165) is 17.7 Å². The number of carbonyl (C=O) groups is 4. The molecule has 132 valence electrons. The van der Waals surface area contributed by atoms with Crippen LogP contribution in [0, 0.1) is 0 Å². The van der Waals surface area contributed by atoms with E-state index < -0.39 is 30.2 Å². The molecule has 1 heterocycles. The van der Waals surface area contributed by atoms with Crippen molar-refractivity contribution in [2.24, 2.45) is 0 Å². The van der Waals surface area contributed by atoms with E-state index in [1.807, 2.05) is 0 Å². The van der Waals surface area contributed by atoms with Gasteiger partial charge in [0.15, 0.2) is 6.10 Å². The number of urea groups is 1. The van der Waals surface area contributed by atoms with Gasteiger partial charge in [-0.15, -0.1) is 0 Å². The zero-order chi connectivity index (χ0) is 18.0. The predicted molar refractivity (Wildman–Crippen MR) is 87.8 cm³/mol. The highest BCUT2D eigenvalue weighted by Gasteiger charge is 2.52. The van der Waals surface area contributed by atoms with Gasteiger partial charge in [-0.05, 0) is 19.8 Å². The van der Waals surface area contributed by atoms with Crippen LogP contribution >= 0.6 is 0 Å². The Kier molecular flexibility index (Phi) is 4.57. The Morgan fingerprint density at radius 1 is 1.20 bits per heavy atom. The maximum atomic E-state index is 12.5. The Bertz CT molecular complexity index is 709. The lowest BCUT2D eigenvalue weighted by Crippen LogP contribution is -2.44. The van der Waals surface area contributed by atoms with Gasteiger partial charge < -0.3 is 10.1 Å². The van der Waals surface area contributed by atoms with Crippen molar-refractivity contribution in [1.29, 1.82) is 0 Å². The van der Waals surface area contributed by atoms with Crippen molar-refractivity contribution in [3.8, 4) is 0 Å². The molecule has 1 aromatic carbocycles. The number of rotatable bonds is 5. The van der Waals surface area contributed by atoms with E-state index in [1.165, 1.54) is 6.92 Å². The highest BCUT2D eigenvalue weighted by Crippen LogP contribution is 2.34. The monoisotopic (exact) mass is 344 g/mol. The van der Waals surface area contributed by atoms with E-state index in [2.05, 4.69) is 5.32 Å². The number of imide groups is 1. The normalized spacial score (nSPS) is 19.8. The van der Waals surface area contributed by atoms with Gasteiger partial charge in [0.25, 0.3) is 5.91 Å². The van der Waals surface area contributed by atoms with Crippen LogP contribution in [0.2, 0.25) is 0 Å². The van der Waals surface area contributed by atoms with Gasteiger partial charge in [0, 0.05) is 5.56 Å². The van der Waals surface area contributed by atoms with Crippen molar-refractivity contribution in [2.45, 2.75) is 44.2 Å². The first-order valence-corrected chi connectivity index (χ1v) is 8.36. The first kappa shape index (κ1) is 17.1. The SMILES string of the molecule is C[C@@H](OC(=O)CN1C(=O)NC2(CCCC2)C1=O)C(=O)c1ccccc1. The van der Waals surface area contributed by atoms with Crippen molar-refractivity contribution in [2.75, 3.05) is 6.54 Å². The van der Waals surface area contributed by atoms with Gasteiger partial charge in [0.1, 0.15) is 12.1 Å². The van der Waals surface area contributed by atoms with Crippen LogP contribution in [0.25, 0.3) is 0 Å². The standard InChI is InChI=1S/C18H20N2O5/c1-12(15(22)13-7-3-2-4-8-13)25-14(21)11-20-16(23)18(19-17(20)24)9-5-6-10-18/h2-4,7-8,12H,5-6,9-11H2,1H3,(H,19,24)/t12-/m1/s1. The minimum atomic E-state index is -0.990. The van der Waals surface area contributed by atoms with Crippen LogP contribution in [0.3, 0.4) is 0 Å². The molecule has 1 saturated heterocycles. The first-order chi connectivity index (χ1) is 11.9. The molecule has 2 fully saturated rings. The number of amides is 3. The number of Topliss-reactive ketones (excluding diaryl/α,β-unsaturated/α-hetero) is 1. The molecular formula is C18H20N2O5. The molecule has 1 aliphatic carbocycles. The van der Waals surface area contributed by atoms with Crippen LogP contribution < -0.4 is 5.32 Å². The van der Waals surface area contributed by atoms with E-state index in [0.29, 0.717) is 18.4 Å². The largest absolute Gasteiger partial charge is 0.453 e. The molecule has 2 aliphatic rings. The molecule has 25 heavy (non-hydrogen) atoms. The molecular weight excluding hydrogens is 324 g/mol. The van der Waals surface area contributed by atoms with Crippen LogP contribution in [-0.4, -0.2) is 46.8 Å². The van der Waals surface area contributed by atoms with Crippen LogP contribution in [0.15, 0.2) is 30.3 Å². The second kappa shape index (κ2) is 6.66. The summed E-state index contributed by atoms with van der Waals surface area (Å²) in [5.74, 6) is -1.50. The molecule has 0 unspecified atom stereocenters. The smallest absolute Gasteiger partial charge is 0.326 e. The van der Waals surface area contributed by atoms with Crippen LogP contribution in [0.1, 0.15) is 43.0 Å². The number of carbonyl (C=O) groups excluding carboxylic acids is 4. The maximum absolute atomic E-state index is 12.5. The van der Waals surface area contributed by atoms with Crippen molar-refractivity contribution < 1.29 is 23.9 Å². The molecule has 7 nitrogen and oxygen atoms in total. The van der Waals surface area contributed by atoms with Crippen molar-refractivity contribution in [1.82, 2.24) is 10.2 Å². The third-order valence-electron chi connectivity index (χ3n) is 4.73. The Balaban J connectivity index is 1.60. The number of benzene rings is 1. The van der Waals surface area contributed by atoms with Gasteiger partial charge in [-0.2, -0.15) is 0 Å². The fourth-order valence-corrected chi connectivity index (χ4v) is 3.39. The Morgan fingerprint density at radius 2 is 1.84 bits per heavy atom. The lowest BCUT2D eigenvalue weighted by Gasteiger charge is -2.20. The molecule has 3 amide bonds. The Labute approximate surface area is 145 Å². The molecule has 0 aromatic heterocycles. The summed E-state index contributed by atoms with van der Waals surface area (Å²) in [6.07, 6.45) is 1.92. The summed E-state index contributed by atoms with van der Waals surface area (Å²) in [5.41, 5.74) is -0.425. The summed E-state index contributed by atoms with van der Waals surface area (Å²) in [6, 6.07) is 7.91. The summed E-state index contributed by atoms with van der Waals surface area (Å²) in [5, 5.41) is 2.70. The minimum absolute atomic E-state index is 0.335. The molecule has 1 aromatic rings. The van der Waals surface area contributed by atoms with Crippen molar-refractivity contribution in [3.63, 3.8) is 0 Å². The third-order valence-corrected chi connectivity index (χ3v) is 4.73. The van der Waals surface area contributed by atoms with Gasteiger partial charge in [0.2, 0.25) is 5.78 Å². The number of ketones is 1. The molecule has 0 radical (unpaired) electrons. The summed E-state index contributed by atoms with van der Waals surface area (Å²) in [6.45, 7) is 0.983. The number of nitrogens with zero attached hydrogens (tertiary/aromatic N) is 1. The molecule has 0 bridgehead atoms.